The molecule has 2 aromatic carbocycles. The predicted molar refractivity (Wildman–Crippen MR) is 122 cm³/mol. The molecule has 32 heavy (non-hydrogen) atoms. The topological polar surface area (TPSA) is 88.4 Å². The van der Waals surface area contributed by atoms with Crippen molar-refractivity contribution in [3.8, 4) is 0 Å². The van der Waals surface area contributed by atoms with Gasteiger partial charge in [0.1, 0.15) is 0 Å². The Morgan fingerprint density at radius 3 is 2.44 bits per heavy atom. The van der Waals surface area contributed by atoms with Crippen molar-refractivity contribution in [3.63, 3.8) is 0 Å². The van der Waals surface area contributed by atoms with Crippen molar-refractivity contribution in [2.45, 2.75) is 19.4 Å². The molecule has 2 aromatic heterocycles. The number of carbonyl (C=O) groups excluding carboxylic acids is 3. The Hall–Kier alpha value is -3.85. The number of para-hydroxylation sites is 1. The van der Waals surface area contributed by atoms with Crippen molar-refractivity contribution < 1.29 is 14.4 Å². The van der Waals surface area contributed by atoms with E-state index >= 15 is 0 Å². The molecule has 160 valence electrons. The fourth-order valence-corrected chi connectivity index (χ4v) is 4.66. The molecule has 4 aromatic rings. The third kappa shape index (κ3) is 3.78. The summed E-state index contributed by atoms with van der Waals surface area (Å²) in [6.45, 7) is 0.911. The number of aromatic nitrogens is 3. The molecule has 0 spiro atoms. The number of rotatable bonds is 6. The number of hydrogen-bond acceptors (Lipinski definition) is 6. The van der Waals surface area contributed by atoms with E-state index in [0.717, 1.165) is 10.2 Å². The fourth-order valence-electron chi connectivity index (χ4n) is 3.67. The van der Waals surface area contributed by atoms with Gasteiger partial charge in [0, 0.05) is 37.3 Å². The van der Waals surface area contributed by atoms with Crippen LogP contribution in [0.3, 0.4) is 0 Å². The van der Waals surface area contributed by atoms with E-state index in [1.807, 2.05) is 36.5 Å². The molecule has 9 heteroatoms. The number of hydrogen-bond donors (Lipinski definition) is 0. The van der Waals surface area contributed by atoms with Crippen LogP contribution >= 0.6 is 11.3 Å². The highest BCUT2D eigenvalue weighted by molar-refractivity contribution is 7.22. The number of imide groups is 1. The first kappa shape index (κ1) is 20.1. The Labute approximate surface area is 187 Å². The van der Waals surface area contributed by atoms with Gasteiger partial charge >= 0.3 is 0 Å². The predicted octanol–water partition coefficient (Wildman–Crippen LogP) is 3.49. The maximum absolute atomic E-state index is 13.5. The molecule has 1 aliphatic heterocycles. The Balaban J connectivity index is 1.44. The first-order valence-corrected chi connectivity index (χ1v) is 11.0. The Bertz CT molecular complexity index is 1250. The molecule has 0 aliphatic carbocycles. The second-order valence-electron chi connectivity index (χ2n) is 7.36. The highest BCUT2D eigenvalue weighted by Crippen LogP contribution is 2.30. The third-order valence-corrected chi connectivity index (χ3v) is 6.35. The molecule has 1 saturated heterocycles. The van der Waals surface area contributed by atoms with Gasteiger partial charge < -0.3 is 0 Å². The Morgan fingerprint density at radius 2 is 1.75 bits per heavy atom. The van der Waals surface area contributed by atoms with Crippen molar-refractivity contribution in [1.82, 2.24) is 14.8 Å². The van der Waals surface area contributed by atoms with Crippen LogP contribution in [0.2, 0.25) is 0 Å². The van der Waals surface area contributed by atoms with Crippen LogP contribution < -0.4 is 9.80 Å². The largest absolute Gasteiger partial charge is 0.282 e. The molecule has 1 aliphatic rings. The van der Waals surface area contributed by atoms with Crippen LogP contribution in [0, 0.1) is 0 Å². The van der Waals surface area contributed by atoms with Gasteiger partial charge in [-0.3, -0.25) is 28.9 Å². The zero-order chi connectivity index (χ0) is 22.1. The highest BCUT2D eigenvalue weighted by atomic mass is 32.1. The Morgan fingerprint density at radius 1 is 1.00 bits per heavy atom. The summed E-state index contributed by atoms with van der Waals surface area (Å²) in [6, 6.07) is 16.2. The van der Waals surface area contributed by atoms with Gasteiger partial charge in [-0.15, -0.1) is 0 Å². The Kier molecular flexibility index (Phi) is 5.24. The van der Waals surface area contributed by atoms with E-state index in [0.29, 0.717) is 29.5 Å². The number of benzene rings is 2. The summed E-state index contributed by atoms with van der Waals surface area (Å²) >= 11 is 1.46. The summed E-state index contributed by atoms with van der Waals surface area (Å²) in [5.74, 6) is -0.643. The van der Waals surface area contributed by atoms with E-state index in [4.69, 9.17) is 0 Å². The summed E-state index contributed by atoms with van der Waals surface area (Å²) < 4.78 is 2.77. The van der Waals surface area contributed by atoms with Gasteiger partial charge in [0.05, 0.1) is 22.4 Å². The van der Waals surface area contributed by atoms with Crippen molar-refractivity contribution >= 4 is 50.1 Å². The average molecular weight is 446 g/mol. The highest BCUT2D eigenvalue weighted by Gasteiger charge is 2.30. The van der Waals surface area contributed by atoms with E-state index in [-0.39, 0.29) is 30.6 Å². The van der Waals surface area contributed by atoms with E-state index in [1.165, 1.54) is 16.2 Å². The second kappa shape index (κ2) is 8.35. The number of nitrogens with zero attached hydrogens (tertiary/aromatic N) is 5. The van der Waals surface area contributed by atoms with E-state index in [2.05, 4.69) is 10.1 Å². The maximum Gasteiger partial charge on any atom is 0.260 e. The minimum absolute atomic E-state index is 0.207. The van der Waals surface area contributed by atoms with E-state index < -0.39 is 0 Å². The normalized spacial score (nSPS) is 13.8. The quantitative estimate of drug-likeness (QED) is 0.424. The molecule has 0 bridgehead atoms. The molecule has 0 unspecified atom stereocenters. The molecular formula is C23H19N5O3S. The number of thiazole rings is 1. The van der Waals surface area contributed by atoms with Gasteiger partial charge in [0.25, 0.3) is 5.91 Å². The SMILES string of the molecule is O=C(c1ccc(N2C(=O)CCC2=O)cc1)N(CCn1cccn1)c1nc2ccccc2s1. The number of anilines is 2. The lowest BCUT2D eigenvalue weighted by Gasteiger charge is -2.20. The van der Waals surface area contributed by atoms with Crippen molar-refractivity contribution in [1.29, 1.82) is 0 Å². The summed E-state index contributed by atoms with van der Waals surface area (Å²) in [5, 5.41) is 4.83. The van der Waals surface area contributed by atoms with Crippen molar-refractivity contribution in [2.24, 2.45) is 0 Å². The molecule has 0 radical (unpaired) electrons. The molecule has 3 amide bonds. The maximum atomic E-state index is 13.5. The van der Waals surface area contributed by atoms with Gasteiger partial charge in [-0.1, -0.05) is 23.5 Å². The van der Waals surface area contributed by atoms with Crippen LogP contribution in [0.1, 0.15) is 23.2 Å². The molecule has 0 saturated carbocycles. The standard InChI is InChI=1S/C23H19N5O3S/c29-20-10-11-21(30)28(20)17-8-6-16(7-9-17)22(31)27(15-14-26-13-3-12-24-26)23-25-18-4-1-2-5-19(18)32-23/h1-9,12-13H,10-11,14-15H2. The minimum Gasteiger partial charge on any atom is -0.282 e. The lowest BCUT2D eigenvalue weighted by atomic mass is 10.1. The van der Waals surface area contributed by atoms with Gasteiger partial charge in [-0.2, -0.15) is 5.10 Å². The van der Waals surface area contributed by atoms with Gasteiger partial charge in [-0.05, 0) is 42.5 Å². The third-order valence-electron chi connectivity index (χ3n) is 5.29. The zero-order valence-corrected chi connectivity index (χ0v) is 17.9. The molecule has 0 N–H and O–H groups in total. The van der Waals surface area contributed by atoms with Crippen LogP contribution in [-0.2, 0) is 16.1 Å². The van der Waals surface area contributed by atoms with Crippen LogP contribution in [-0.4, -0.2) is 39.0 Å². The van der Waals surface area contributed by atoms with E-state index in [1.54, 1.807) is 40.0 Å². The summed E-state index contributed by atoms with van der Waals surface area (Å²) in [6.07, 6.45) is 3.99. The minimum atomic E-state index is -0.218. The van der Waals surface area contributed by atoms with E-state index in [9.17, 15) is 14.4 Å². The van der Waals surface area contributed by atoms with Gasteiger partial charge in [-0.25, -0.2) is 4.98 Å². The lowest BCUT2D eigenvalue weighted by molar-refractivity contribution is -0.121. The molecule has 1 fully saturated rings. The first-order chi connectivity index (χ1) is 15.6. The average Bonchev–Trinajstić information content (AvgIpc) is 3.54. The van der Waals surface area contributed by atoms with Crippen LogP contribution in [0.25, 0.3) is 10.2 Å². The van der Waals surface area contributed by atoms with Gasteiger partial charge in [0.15, 0.2) is 5.13 Å². The summed E-state index contributed by atoms with van der Waals surface area (Å²) in [7, 11) is 0. The zero-order valence-electron chi connectivity index (χ0n) is 17.0. The lowest BCUT2D eigenvalue weighted by Crippen LogP contribution is -2.34. The number of carbonyl (C=O) groups is 3. The molecule has 0 atom stereocenters. The number of amides is 3. The van der Waals surface area contributed by atoms with Crippen molar-refractivity contribution in [2.75, 3.05) is 16.3 Å². The van der Waals surface area contributed by atoms with Crippen LogP contribution in [0.15, 0.2) is 67.0 Å². The second-order valence-corrected chi connectivity index (χ2v) is 8.37. The molecule has 5 rings (SSSR count). The smallest absolute Gasteiger partial charge is 0.260 e. The first-order valence-electron chi connectivity index (χ1n) is 10.2. The summed E-state index contributed by atoms with van der Waals surface area (Å²) in [4.78, 5) is 44.9. The molecular weight excluding hydrogens is 426 g/mol. The summed E-state index contributed by atoms with van der Waals surface area (Å²) in [5.41, 5.74) is 1.77. The fraction of sp³-hybridized carbons (Fsp3) is 0.174. The van der Waals surface area contributed by atoms with Crippen LogP contribution in [0.4, 0.5) is 10.8 Å². The van der Waals surface area contributed by atoms with Crippen LogP contribution in [0.5, 0.6) is 0 Å². The van der Waals surface area contributed by atoms with Crippen molar-refractivity contribution in [3.05, 3.63) is 72.6 Å². The molecule has 3 heterocycles. The molecule has 8 nitrogen and oxygen atoms in total. The van der Waals surface area contributed by atoms with Gasteiger partial charge in [0.2, 0.25) is 11.8 Å². The monoisotopic (exact) mass is 445 g/mol. The number of fused-ring (bicyclic) bond motifs is 1.